The number of alkyl halides is 3. The topological polar surface area (TPSA) is 100 Å². The number of fused-ring (bicyclic) bond motifs is 1. The number of H-pyrrole nitrogens is 1. The molecule has 0 saturated heterocycles. The molecule has 0 aliphatic heterocycles. The van der Waals surface area contributed by atoms with Crippen molar-refractivity contribution >= 4 is 20.6 Å². The fraction of sp³-hybridized carbons (Fsp3) is 0.417. The van der Waals surface area contributed by atoms with Gasteiger partial charge in [-0.15, -0.1) is 4.36 Å². The van der Waals surface area contributed by atoms with E-state index in [2.05, 4.69) is 9.35 Å². The van der Waals surface area contributed by atoms with E-state index in [4.69, 9.17) is 4.74 Å². The lowest BCUT2D eigenvalue weighted by molar-refractivity contribution is -0.0581. The number of aromatic amines is 1. The lowest BCUT2D eigenvalue weighted by Crippen LogP contribution is -2.30. The Morgan fingerprint density at radius 1 is 1.20 bits per heavy atom. The molecule has 1 atom stereocenters. The lowest BCUT2D eigenvalue weighted by atomic mass is 9.94. The minimum absolute atomic E-state index is 0.167. The Balaban J connectivity index is 1.68. The Morgan fingerprint density at radius 2 is 1.94 bits per heavy atom. The maximum atomic E-state index is 13.7. The molecule has 2 heterocycles. The van der Waals surface area contributed by atoms with Gasteiger partial charge < -0.3 is 9.72 Å². The molecule has 2 fully saturated rings. The normalized spacial score (nSPS) is 19.7. The van der Waals surface area contributed by atoms with Gasteiger partial charge in [0.25, 0.3) is 5.56 Å². The number of nitrogens with zero attached hydrogens (tertiary/aromatic N) is 3. The number of hydrogen-bond acceptors (Lipinski definition) is 5. The van der Waals surface area contributed by atoms with Crippen LogP contribution in [0.1, 0.15) is 38.5 Å². The maximum Gasteiger partial charge on any atom is 0.277 e. The SMILES string of the molecule is N#CN=S(=O)(c1ccc(OC2CCC(F)(F)CC2)c(-c2cn(CF)c(=O)c3[nH]ccc23)c1)C1CC1. The minimum Gasteiger partial charge on any atom is -0.490 e. The van der Waals surface area contributed by atoms with Crippen LogP contribution in [0.15, 0.2) is 50.7 Å². The Kier molecular flexibility index (Phi) is 5.87. The van der Waals surface area contributed by atoms with Crippen molar-refractivity contribution in [3.8, 4) is 23.1 Å². The van der Waals surface area contributed by atoms with E-state index >= 15 is 0 Å². The Labute approximate surface area is 199 Å². The van der Waals surface area contributed by atoms with Crippen molar-refractivity contribution in [1.82, 2.24) is 9.55 Å². The van der Waals surface area contributed by atoms with Gasteiger partial charge in [0.15, 0.2) is 6.80 Å². The molecule has 7 nitrogen and oxygen atoms in total. The summed E-state index contributed by atoms with van der Waals surface area (Å²) in [4.78, 5) is 15.7. The zero-order chi connectivity index (χ0) is 24.8. The summed E-state index contributed by atoms with van der Waals surface area (Å²) in [6.45, 7) is -1.06. The predicted molar refractivity (Wildman–Crippen MR) is 124 cm³/mol. The maximum absolute atomic E-state index is 13.7. The fourth-order valence-corrected chi connectivity index (χ4v) is 6.67. The Morgan fingerprint density at radius 3 is 2.60 bits per heavy atom. The average molecular weight is 505 g/mol. The molecule has 0 bridgehead atoms. The minimum atomic E-state index is -3.02. The summed E-state index contributed by atoms with van der Waals surface area (Å²) in [6.07, 6.45) is 5.28. The summed E-state index contributed by atoms with van der Waals surface area (Å²) >= 11 is 0. The van der Waals surface area contributed by atoms with Crippen LogP contribution < -0.4 is 10.3 Å². The van der Waals surface area contributed by atoms with Gasteiger partial charge in [-0.2, -0.15) is 5.26 Å². The highest BCUT2D eigenvalue weighted by Gasteiger charge is 2.37. The van der Waals surface area contributed by atoms with E-state index in [0.29, 0.717) is 40.0 Å². The Bertz CT molecular complexity index is 1500. The van der Waals surface area contributed by atoms with Crippen LogP contribution in [0, 0.1) is 11.5 Å². The van der Waals surface area contributed by atoms with Crippen LogP contribution in [-0.2, 0) is 16.5 Å². The molecule has 2 saturated carbocycles. The monoisotopic (exact) mass is 504 g/mol. The number of aromatic nitrogens is 2. The van der Waals surface area contributed by atoms with Gasteiger partial charge in [-0.05, 0) is 49.9 Å². The largest absolute Gasteiger partial charge is 0.490 e. The molecule has 35 heavy (non-hydrogen) atoms. The van der Waals surface area contributed by atoms with E-state index in [1.54, 1.807) is 36.7 Å². The van der Waals surface area contributed by atoms with Crippen molar-refractivity contribution in [3.05, 3.63) is 47.0 Å². The van der Waals surface area contributed by atoms with Crippen LogP contribution in [0.3, 0.4) is 0 Å². The number of hydrogen-bond donors (Lipinski definition) is 1. The highest BCUT2D eigenvalue weighted by Crippen LogP contribution is 2.42. The molecule has 0 radical (unpaired) electrons. The van der Waals surface area contributed by atoms with Gasteiger partial charge in [0.2, 0.25) is 12.1 Å². The van der Waals surface area contributed by atoms with Gasteiger partial charge in [0.1, 0.15) is 11.3 Å². The van der Waals surface area contributed by atoms with Crippen molar-refractivity contribution < 1.29 is 22.1 Å². The Hall–Kier alpha value is -3.26. The number of nitrogens with one attached hydrogen (secondary N) is 1. The number of pyridine rings is 1. The van der Waals surface area contributed by atoms with Crippen LogP contribution in [0.25, 0.3) is 22.0 Å². The summed E-state index contributed by atoms with van der Waals surface area (Å²) in [5, 5.41) is 9.45. The summed E-state index contributed by atoms with van der Waals surface area (Å²) in [6, 6.07) is 6.44. The summed E-state index contributed by atoms with van der Waals surface area (Å²) in [7, 11) is -3.02. The fourth-order valence-electron chi connectivity index (χ4n) is 4.59. The quantitative estimate of drug-likeness (QED) is 0.457. The van der Waals surface area contributed by atoms with Crippen molar-refractivity contribution in [2.75, 3.05) is 0 Å². The molecule has 1 N–H and O–H groups in total. The molecule has 2 aliphatic rings. The van der Waals surface area contributed by atoms with Gasteiger partial charge in [-0.25, -0.2) is 17.4 Å². The third kappa shape index (κ3) is 4.31. The van der Waals surface area contributed by atoms with E-state index in [9.17, 15) is 27.4 Å². The van der Waals surface area contributed by atoms with E-state index < -0.39 is 34.1 Å². The second-order valence-electron chi connectivity index (χ2n) is 8.99. The van der Waals surface area contributed by atoms with Gasteiger partial charge >= 0.3 is 0 Å². The van der Waals surface area contributed by atoms with Gasteiger partial charge in [0.05, 0.1) is 15.8 Å². The average Bonchev–Trinajstić information content (AvgIpc) is 3.59. The molecule has 5 rings (SSSR count). The third-order valence-corrected chi connectivity index (χ3v) is 9.27. The van der Waals surface area contributed by atoms with Crippen LogP contribution in [0.2, 0.25) is 0 Å². The first kappa shape index (κ1) is 23.5. The second kappa shape index (κ2) is 8.75. The molecule has 2 aromatic heterocycles. The van der Waals surface area contributed by atoms with Crippen LogP contribution in [-0.4, -0.2) is 31.0 Å². The molecule has 3 aromatic rings. The van der Waals surface area contributed by atoms with Crippen molar-refractivity contribution in [3.63, 3.8) is 0 Å². The molecular weight excluding hydrogens is 481 g/mol. The number of nitriles is 1. The number of rotatable bonds is 6. The number of ether oxygens (including phenoxy) is 1. The standard InChI is InChI=1S/C24H23F3N4O3S/c25-13-31-12-20(18-7-10-29-22(18)23(31)32)19-11-17(35(33,30-14-28)16-1-2-16)3-4-21(19)34-15-5-8-24(26,27)9-6-15/h3-4,7,10-12,15-16,29H,1-2,5-6,8-9,13H2. The van der Waals surface area contributed by atoms with Crippen LogP contribution in [0.5, 0.6) is 5.75 Å². The second-order valence-corrected chi connectivity index (χ2v) is 11.5. The van der Waals surface area contributed by atoms with E-state index in [-0.39, 0.29) is 36.4 Å². The molecular formula is C24H23F3N4O3S. The first-order valence-electron chi connectivity index (χ1n) is 11.4. The van der Waals surface area contributed by atoms with Crippen molar-refractivity contribution in [2.45, 2.75) is 67.5 Å². The number of halogens is 3. The van der Waals surface area contributed by atoms with E-state index in [1.807, 2.05) is 0 Å². The predicted octanol–water partition coefficient (Wildman–Crippen LogP) is 5.35. The summed E-state index contributed by atoms with van der Waals surface area (Å²) < 4.78 is 65.5. The number of benzene rings is 1. The smallest absolute Gasteiger partial charge is 0.277 e. The first-order chi connectivity index (χ1) is 16.8. The van der Waals surface area contributed by atoms with E-state index in [1.165, 1.54) is 6.20 Å². The summed E-state index contributed by atoms with van der Waals surface area (Å²) in [5.41, 5.74) is 0.531. The van der Waals surface area contributed by atoms with Gasteiger partial charge in [-0.1, -0.05) is 0 Å². The molecule has 1 unspecified atom stereocenters. The molecule has 11 heteroatoms. The highest BCUT2D eigenvalue weighted by molar-refractivity contribution is 7.94. The third-order valence-electron chi connectivity index (χ3n) is 6.61. The molecule has 0 amide bonds. The zero-order valence-corrected chi connectivity index (χ0v) is 19.5. The molecule has 2 aliphatic carbocycles. The van der Waals surface area contributed by atoms with Crippen LogP contribution >= 0.6 is 0 Å². The van der Waals surface area contributed by atoms with Gasteiger partial charge in [0, 0.05) is 51.9 Å². The first-order valence-corrected chi connectivity index (χ1v) is 12.9. The summed E-state index contributed by atoms with van der Waals surface area (Å²) in [5.74, 6) is -2.38. The lowest BCUT2D eigenvalue weighted by Gasteiger charge is -2.29. The highest BCUT2D eigenvalue weighted by atomic mass is 32.2. The van der Waals surface area contributed by atoms with Crippen molar-refractivity contribution in [2.24, 2.45) is 4.36 Å². The zero-order valence-electron chi connectivity index (χ0n) is 18.7. The molecule has 0 spiro atoms. The molecule has 184 valence electrons. The van der Waals surface area contributed by atoms with Crippen molar-refractivity contribution in [1.29, 1.82) is 5.26 Å². The molecule has 1 aromatic carbocycles. The van der Waals surface area contributed by atoms with Gasteiger partial charge in [-0.3, -0.25) is 9.36 Å². The van der Waals surface area contributed by atoms with E-state index in [0.717, 1.165) is 4.57 Å². The van der Waals surface area contributed by atoms with Crippen LogP contribution in [0.4, 0.5) is 13.2 Å².